The summed E-state index contributed by atoms with van der Waals surface area (Å²) in [7, 11) is 1.57. The second kappa shape index (κ2) is 9.72. The van der Waals surface area contributed by atoms with Crippen LogP contribution in [0, 0.1) is 5.82 Å². The molecule has 0 aromatic heterocycles. The second-order valence-electron chi connectivity index (χ2n) is 5.82. The fourth-order valence-electron chi connectivity index (χ4n) is 2.09. The Balaban J connectivity index is 1.97. The predicted molar refractivity (Wildman–Crippen MR) is 105 cm³/mol. The smallest absolute Gasteiger partial charge is 0.187 e. The number of hydrazone groups is 1. The van der Waals surface area contributed by atoms with E-state index in [1.807, 2.05) is 26.0 Å². The van der Waals surface area contributed by atoms with Crippen molar-refractivity contribution in [3.05, 3.63) is 59.4 Å². The molecule has 0 heterocycles. The van der Waals surface area contributed by atoms with Crippen molar-refractivity contribution in [2.45, 2.75) is 26.5 Å². The zero-order valence-corrected chi connectivity index (χ0v) is 15.8. The third kappa shape index (κ3) is 6.33. The van der Waals surface area contributed by atoms with Crippen molar-refractivity contribution < 1.29 is 13.9 Å². The van der Waals surface area contributed by atoms with Crippen LogP contribution in [0.4, 0.5) is 4.39 Å². The number of rotatable bonds is 7. The summed E-state index contributed by atoms with van der Waals surface area (Å²) in [6.07, 6.45) is 1.64. The van der Waals surface area contributed by atoms with Gasteiger partial charge in [-0.05, 0) is 67.5 Å². The van der Waals surface area contributed by atoms with Gasteiger partial charge in [-0.2, -0.15) is 5.10 Å². The highest BCUT2D eigenvalue weighted by Crippen LogP contribution is 2.28. The Kier molecular flexibility index (Phi) is 7.35. The minimum Gasteiger partial charge on any atom is -0.493 e. The van der Waals surface area contributed by atoms with Gasteiger partial charge in [0.2, 0.25) is 0 Å². The van der Waals surface area contributed by atoms with Crippen LogP contribution in [-0.2, 0) is 6.61 Å². The molecule has 2 rings (SSSR count). The summed E-state index contributed by atoms with van der Waals surface area (Å²) in [4.78, 5) is 0. The summed E-state index contributed by atoms with van der Waals surface area (Å²) < 4.78 is 24.1. The average molecular weight is 375 g/mol. The fraction of sp³-hybridized carbons (Fsp3) is 0.263. The van der Waals surface area contributed by atoms with Crippen molar-refractivity contribution >= 4 is 23.5 Å². The molecule has 2 aromatic rings. The minimum absolute atomic E-state index is 0.239. The summed E-state index contributed by atoms with van der Waals surface area (Å²) in [6, 6.07) is 11.9. The number of hydrogen-bond acceptors (Lipinski definition) is 4. The van der Waals surface area contributed by atoms with Gasteiger partial charge >= 0.3 is 0 Å². The number of halogens is 1. The van der Waals surface area contributed by atoms with Gasteiger partial charge < -0.3 is 14.8 Å². The highest BCUT2D eigenvalue weighted by atomic mass is 32.1. The largest absolute Gasteiger partial charge is 0.493 e. The van der Waals surface area contributed by atoms with Crippen LogP contribution in [0.2, 0.25) is 0 Å². The second-order valence-corrected chi connectivity index (χ2v) is 6.23. The molecule has 0 unspecified atom stereocenters. The molecule has 0 spiro atoms. The predicted octanol–water partition coefficient (Wildman–Crippen LogP) is 3.62. The first-order valence-corrected chi connectivity index (χ1v) is 8.53. The van der Waals surface area contributed by atoms with E-state index < -0.39 is 0 Å². The molecule has 0 amide bonds. The lowest BCUT2D eigenvalue weighted by molar-refractivity contribution is 0.284. The van der Waals surface area contributed by atoms with E-state index in [4.69, 9.17) is 21.7 Å². The average Bonchev–Trinajstić information content (AvgIpc) is 2.61. The Bertz CT molecular complexity index is 764. The molecule has 0 aliphatic rings. The van der Waals surface area contributed by atoms with E-state index in [0.29, 0.717) is 23.2 Å². The first-order chi connectivity index (χ1) is 12.5. The highest BCUT2D eigenvalue weighted by Gasteiger charge is 2.06. The van der Waals surface area contributed by atoms with Crippen LogP contribution in [0.3, 0.4) is 0 Å². The van der Waals surface area contributed by atoms with Gasteiger partial charge in [-0.15, -0.1) is 0 Å². The van der Waals surface area contributed by atoms with Crippen LogP contribution < -0.4 is 20.2 Å². The number of ether oxygens (including phenoxy) is 2. The number of methoxy groups -OCH3 is 1. The lowest BCUT2D eigenvalue weighted by Crippen LogP contribution is -2.36. The molecule has 26 heavy (non-hydrogen) atoms. The normalized spacial score (nSPS) is 10.8. The van der Waals surface area contributed by atoms with E-state index >= 15 is 0 Å². The zero-order chi connectivity index (χ0) is 18.9. The Morgan fingerprint density at radius 2 is 1.92 bits per heavy atom. The fourth-order valence-corrected chi connectivity index (χ4v) is 2.37. The molecule has 0 bridgehead atoms. The monoisotopic (exact) mass is 375 g/mol. The van der Waals surface area contributed by atoms with E-state index in [1.165, 1.54) is 12.1 Å². The van der Waals surface area contributed by atoms with Gasteiger partial charge in [-0.3, -0.25) is 5.43 Å². The minimum atomic E-state index is -0.272. The van der Waals surface area contributed by atoms with Crippen molar-refractivity contribution in [2.24, 2.45) is 5.10 Å². The standard InChI is InChI=1S/C19H22FN3O2S/c1-13(2)22-19(26)23-21-11-15-6-9-17(18(10-15)24-3)25-12-14-4-7-16(20)8-5-14/h4-11,13H,12H2,1-3H3,(H2,22,23,26)/b21-11-. The maximum absolute atomic E-state index is 12.9. The molecule has 2 aromatic carbocycles. The van der Waals surface area contributed by atoms with Gasteiger partial charge in [0.25, 0.3) is 0 Å². The first kappa shape index (κ1) is 19.7. The third-order valence-electron chi connectivity index (χ3n) is 3.29. The zero-order valence-electron chi connectivity index (χ0n) is 15.0. The number of hydrogen-bond donors (Lipinski definition) is 2. The number of benzene rings is 2. The molecule has 0 saturated heterocycles. The Labute approximate surface area is 158 Å². The summed E-state index contributed by atoms with van der Waals surface area (Å²) >= 11 is 5.10. The van der Waals surface area contributed by atoms with Crippen molar-refractivity contribution in [3.8, 4) is 11.5 Å². The van der Waals surface area contributed by atoms with Crippen molar-refractivity contribution in [3.63, 3.8) is 0 Å². The molecular weight excluding hydrogens is 353 g/mol. The SMILES string of the molecule is COc1cc(/C=N\NC(=S)NC(C)C)ccc1OCc1ccc(F)cc1. The molecule has 7 heteroatoms. The Morgan fingerprint density at radius 1 is 1.19 bits per heavy atom. The van der Waals surface area contributed by atoms with Crippen molar-refractivity contribution in [1.82, 2.24) is 10.7 Å². The lowest BCUT2D eigenvalue weighted by Gasteiger charge is -2.12. The summed E-state index contributed by atoms with van der Waals surface area (Å²) in [5.74, 6) is 0.907. The number of nitrogens with one attached hydrogen (secondary N) is 2. The van der Waals surface area contributed by atoms with Crippen LogP contribution >= 0.6 is 12.2 Å². The maximum atomic E-state index is 12.9. The van der Waals surface area contributed by atoms with Crippen LogP contribution in [0.15, 0.2) is 47.6 Å². The molecule has 0 saturated carbocycles. The summed E-state index contributed by atoms with van der Waals surface area (Å²) in [5, 5.41) is 7.59. The van der Waals surface area contributed by atoms with Crippen molar-refractivity contribution in [1.29, 1.82) is 0 Å². The molecule has 0 atom stereocenters. The van der Waals surface area contributed by atoms with Gasteiger partial charge in [0, 0.05) is 6.04 Å². The van der Waals surface area contributed by atoms with Crippen LogP contribution in [0.1, 0.15) is 25.0 Å². The molecule has 0 radical (unpaired) electrons. The van der Waals surface area contributed by atoms with Gasteiger partial charge in [-0.25, -0.2) is 4.39 Å². The summed E-state index contributed by atoms with van der Waals surface area (Å²) in [5.41, 5.74) is 4.45. The quantitative estimate of drug-likeness (QED) is 0.440. The first-order valence-electron chi connectivity index (χ1n) is 8.13. The topological polar surface area (TPSA) is 54.9 Å². The Morgan fingerprint density at radius 3 is 2.58 bits per heavy atom. The molecule has 2 N–H and O–H groups in total. The van der Waals surface area contributed by atoms with Gasteiger partial charge in [0.15, 0.2) is 16.6 Å². The van der Waals surface area contributed by atoms with Gasteiger partial charge in [0.05, 0.1) is 13.3 Å². The van der Waals surface area contributed by atoms with E-state index in [1.54, 1.807) is 31.5 Å². The molecule has 5 nitrogen and oxygen atoms in total. The van der Waals surface area contributed by atoms with E-state index in [-0.39, 0.29) is 11.9 Å². The molecule has 0 fully saturated rings. The highest BCUT2D eigenvalue weighted by molar-refractivity contribution is 7.80. The van der Waals surface area contributed by atoms with Crippen LogP contribution in [0.25, 0.3) is 0 Å². The number of thiocarbonyl (C=S) groups is 1. The molecular formula is C19H22FN3O2S. The van der Waals surface area contributed by atoms with Crippen molar-refractivity contribution in [2.75, 3.05) is 7.11 Å². The lowest BCUT2D eigenvalue weighted by atomic mass is 10.2. The number of nitrogens with zero attached hydrogens (tertiary/aromatic N) is 1. The van der Waals surface area contributed by atoms with Crippen LogP contribution in [0.5, 0.6) is 11.5 Å². The summed E-state index contributed by atoms with van der Waals surface area (Å²) in [6.45, 7) is 4.31. The van der Waals surface area contributed by atoms with E-state index in [0.717, 1.165) is 11.1 Å². The maximum Gasteiger partial charge on any atom is 0.187 e. The molecule has 138 valence electrons. The van der Waals surface area contributed by atoms with E-state index in [9.17, 15) is 4.39 Å². The Hall–Kier alpha value is -2.67. The molecule has 0 aliphatic heterocycles. The third-order valence-corrected chi connectivity index (χ3v) is 3.50. The van der Waals surface area contributed by atoms with Crippen LogP contribution in [-0.4, -0.2) is 24.5 Å². The van der Waals surface area contributed by atoms with Gasteiger partial charge in [-0.1, -0.05) is 12.1 Å². The van der Waals surface area contributed by atoms with E-state index in [2.05, 4.69) is 15.8 Å². The molecule has 0 aliphatic carbocycles. The van der Waals surface area contributed by atoms with Gasteiger partial charge in [0.1, 0.15) is 12.4 Å².